The van der Waals surface area contributed by atoms with Gasteiger partial charge in [-0.25, -0.2) is 0 Å². The monoisotopic (exact) mass is 483 g/mol. The van der Waals surface area contributed by atoms with Gasteiger partial charge in [0.15, 0.2) is 0 Å². The predicted molar refractivity (Wildman–Crippen MR) is 131 cm³/mol. The minimum Gasteiger partial charge on any atom is -0.497 e. The highest BCUT2D eigenvalue weighted by molar-refractivity contribution is 9.10. The highest BCUT2D eigenvalue weighted by Crippen LogP contribution is 2.31. The summed E-state index contributed by atoms with van der Waals surface area (Å²) in [5, 5.41) is 1.17. The van der Waals surface area contributed by atoms with Gasteiger partial charge in [-0.3, -0.25) is 0 Å². The molecule has 156 valence electrons. The number of methoxy groups -OCH3 is 1. The largest absolute Gasteiger partial charge is 0.497 e. The molecule has 0 amide bonds. The fourth-order valence-corrected chi connectivity index (χ4v) is 4.69. The lowest BCUT2D eigenvalue weighted by Crippen LogP contribution is -2.11. The summed E-state index contributed by atoms with van der Waals surface area (Å²) < 4.78 is 12.1. The van der Waals surface area contributed by atoms with Crippen LogP contribution in [0, 0.1) is 0 Å². The zero-order valence-electron chi connectivity index (χ0n) is 17.0. The predicted octanol–water partition coefficient (Wildman–Crippen LogP) is 6.92. The molecule has 1 atom stereocenters. The second kappa shape index (κ2) is 10.2. The fourth-order valence-electron chi connectivity index (χ4n) is 3.51. The average molecular weight is 484 g/mol. The van der Waals surface area contributed by atoms with Gasteiger partial charge in [0.05, 0.1) is 17.5 Å². The highest BCUT2D eigenvalue weighted by atomic mass is 79.9. The standard InChI is InChI=1S/C24H23BrN2OS.H3N/c1-28-20-12-9-18(10-13-20)17-7-5-16(6-8-17)3-2-4-22(26)24-21-15-19(25)11-14-23(21)29-27-24;/h5-15,22H,2-4,26H2,1H3;1H3. The number of nitrogens with zero attached hydrogens (tertiary/aromatic N) is 1. The summed E-state index contributed by atoms with van der Waals surface area (Å²) in [4.78, 5) is 0. The lowest BCUT2D eigenvalue weighted by molar-refractivity contribution is 0.415. The Hall–Kier alpha value is -2.25. The van der Waals surface area contributed by atoms with E-state index in [2.05, 4.69) is 68.8 Å². The third kappa shape index (κ3) is 5.08. The van der Waals surface area contributed by atoms with Gasteiger partial charge in [-0.1, -0.05) is 52.3 Å². The van der Waals surface area contributed by atoms with Crippen LogP contribution in [0.25, 0.3) is 21.2 Å². The summed E-state index contributed by atoms with van der Waals surface area (Å²) in [7, 11) is 1.69. The maximum atomic E-state index is 6.46. The van der Waals surface area contributed by atoms with Crippen molar-refractivity contribution in [2.75, 3.05) is 7.11 Å². The number of aryl methyl sites for hydroxylation is 1. The van der Waals surface area contributed by atoms with Gasteiger partial charge in [0, 0.05) is 15.9 Å². The molecule has 1 unspecified atom stereocenters. The molecule has 0 aliphatic heterocycles. The van der Waals surface area contributed by atoms with Crippen LogP contribution in [0.2, 0.25) is 0 Å². The average Bonchev–Trinajstić information content (AvgIpc) is 3.17. The van der Waals surface area contributed by atoms with Crippen molar-refractivity contribution >= 4 is 37.5 Å². The number of aromatic nitrogens is 1. The van der Waals surface area contributed by atoms with Crippen molar-refractivity contribution < 1.29 is 4.74 Å². The van der Waals surface area contributed by atoms with Crippen molar-refractivity contribution in [2.24, 2.45) is 5.73 Å². The van der Waals surface area contributed by atoms with Crippen molar-refractivity contribution in [2.45, 2.75) is 25.3 Å². The van der Waals surface area contributed by atoms with E-state index in [1.54, 1.807) is 7.11 Å². The molecule has 0 radical (unpaired) electrons. The second-order valence-corrected chi connectivity index (χ2v) is 8.85. The molecule has 0 spiro atoms. The maximum Gasteiger partial charge on any atom is 0.118 e. The number of fused-ring (bicyclic) bond motifs is 1. The Labute approximate surface area is 190 Å². The van der Waals surface area contributed by atoms with Gasteiger partial charge in [0.2, 0.25) is 0 Å². The van der Waals surface area contributed by atoms with Gasteiger partial charge in [0.1, 0.15) is 5.75 Å². The van der Waals surface area contributed by atoms with Crippen LogP contribution < -0.4 is 16.6 Å². The normalized spacial score (nSPS) is 11.8. The Bertz CT molecular complexity index is 1090. The van der Waals surface area contributed by atoms with Crippen LogP contribution >= 0.6 is 27.5 Å². The Morgan fingerprint density at radius 2 is 1.67 bits per heavy atom. The molecule has 0 saturated carbocycles. The minimum atomic E-state index is -0.0309. The molecule has 0 saturated heterocycles. The van der Waals surface area contributed by atoms with Crippen LogP contribution in [-0.4, -0.2) is 11.5 Å². The smallest absolute Gasteiger partial charge is 0.118 e. The first-order valence-corrected chi connectivity index (χ1v) is 11.2. The molecule has 30 heavy (non-hydrogen) atoms. The van der Waals surface area contributed by atoms with E-state index in [4.69, 9.17) is 10.5 Å². The summed E-state index contributed by atoms with van der Waals surface area (Å²) in [6.45, 7) is 0. The maximum absolute atomic E-state index is 6.46. The van der Waals surface area contributed by atoms with Crippen molar-refractivity contribution in [3.8, 4) is 16.9 Å². The second-order valence-electron chi connectivity index (χ2n) is 7.13. The summed E-state index contributed by atoms with van der Waals surface area (Å²) in [5.41, 5.74) is 11.2. The molecule has 0 fully saturated rings. The molecule has 3 aromatic carbocycles. The summed E-state index contributed by atoms with van der Waals surface area (Å²) in [6.07, 6.45) is 2.98. The first-order chi connectivity index (χ1) is 14.1. The van der Waals surface area contributed by atoms with Crippen molar-refractivity contribution in [3.63, 3.8) is 0 Å². The van der Waals surface area contributed by atoms with E-state index < -0.39 is 0 Å². The number of benzene rings is 3. The molecular formula is C24H26BrN3OS. The van der Waals surface area contributed by atoms with E-state index in [9.17, 15) is 0 Å². The molecule has 6 heteroatoms. The Morgan fingerprint density at radius 1 is 1.00 bits per heavy atom. The van der Waals surface area contributed by atoms with Crippen molar-refractivity contribution in [3.05, 3.63) is 82.5 Å². The number of hydrogen-bond donors (Lipinski definition) is 2. The Kier molecular flexibility index (Phi) is 7.61. The van der Waals surface area contributed by atoms with Gasteiger partial charge in [-0.05, 0) is 77.8 Å². The fraction of sp³-hybridized carbons (Fsp3) is 0.208. The van der Waals surface area contributed by atoms with Gasteiger partial charge in [0.25, 0.3) is 0 Å². The molecule has 1 heterocycles. The van der Waals surface area contributed by atoms with Crippen LogP contribution in [0.5, 0.6) is 5.75 Å². The quantitative estimate of drug-likeness (QED) is 0.298. The van der Waals surface area contributed by atoms with Crippen LogP contribution in [-0.2, 0) is 6.42 Å². The van der Waals surface area contributed by atoms with Crippen molar-refractivity contribution in [1.29, 1.82) is 0 Å². The molecular weight excluding hydrogens is 458 g/mol. The van der Waals surface area contributed by atoms with Crippen LogP contribution in [0.4, 0.5) is 0 Å². The van der Waals surface area contributed by atoms with Gasteiger partial charge in [-0.2, -0.15) is 4.37 Å². The van der Waals surface area contributed by atoms with E-state index in [0.717, 1.165) is 35.2 Å². The van der Waals surface area contributed by atoms with Crippen LogP contribution in [0.15, 0.2) is 71.2 Å². The minimum absolute atomic E-state index is 0. The molecule has 4 rings (SSSR count). The van der Waals surface area contributed by atoms with Gasteiger partial charge in [-0.15, -0.1) is 0 Å². The number of hydrogen-bond acceptors (Lipinski definition) is 5. The summed E-state index contributed by atoms with van der Waals surface area (Å²) >= 11 is 5.07. The Morgan fingerprint density at radius 3 is 2.33 bits per heavy atom. The summed E-state index contributed by atoms with van der Waals surface area (Å²) in [5.74, 6) is 0.877. The third-order valence-corrected chi connectivity index (χ3v) is 6.50. The third-order valence-electron chi connectivity index (χ3n) is 5.17. The number of rotatable bonds is 7. The van der Waals surface area contributed by atoms with Gasteiger partial charge < -0.3 is 16.6 Å². The van der Waals surface area contributed by atoms with E-state index in [-0.39, 0.29) is 12.2 Å². The van der Waals surface area contributed by atoms with Crippen LogP contribution in [0.3, 0.4) is 0 Å². The first kappa shape index (κ1) is 22.4. The Balaban J connectivity index is 0.00000256. The topological polar surface area (TPSA) is 83.1 Å². The molecule has 0 aliphatic carbocycles. The molecule has 4 aromatic rings. The number of nitrogens with two attached hydrogens (primary N) is 1. The van der Waals surface area contributed by atoms with E-state index in [1.807, 2.05) is 18.2 Å². The zero-order valence-corrected chi connectivity index (χ0v) is 19.4. The summed E-state index contributed by atoms with van der Waals surface area (Å²) in [6, 6.07) is 23.2. The van der Waals surface area contributed by atoms with Crippen LogP contribution in [0.1, 0.15) is 30.1 Å². The van der Waals surface area contributed by atoms with E-state index >= 15 is 0 Å². The zero-order chi connectivity index (χ0) is 20.2. The van der Waals surface area contributed by atoms with E-state index in [0.29, 0.717) is 0 Å². The SMILES string of the molecule is COc1ccc(-c2ccc(CCCC(N)c3nsc4ccc(Br)cc34)cc2)cc1.N. The lowest BCUT2D eigenvalue weighted by atomic mass is 9.99. The molecule has 1 aromatic heterocycles. The van der Waals surface area contributed by atoms with Gasteiger partial charge >= 0.3 is 0 Å². The number of ether oxygens (including phenoxy) is 1. The lowest BCUT2D eigenvalue weighted by Gasteiger charge is -2.10. The molecule has 0 bridgehead atoms. The molecule has 4 nitrogen and oxygen atoms in total. The van der Waals surface area contributed by atoms with Crippen molar-refractivity contribution in [1.82, 2.24) is 10.5 Å². The molecule has 5 N–H and O–H groups in total. The highest BCUT2D eigenvalue weighted by Gasteiger charge is 2.14. The first-order valence-electron chi connectivity index (χ1n) is 9.68. The molecule has 0 aliphatic rings. The number of halogens is 1. The van der Waals surface area contributed by atoms with E-state index in [1.165, 1.54) is 38.3 Å².